The first kappa shape index (κ1) is 15.7. The third kappa shape index (κ3) is 3.12. The summed E-state index contributed by atoms with van der Waals surface area (Å²) in [7, 11) is 0. The molecule has 1 amide bonds. The van der Waals surface area contributed by atoms with Crippen LogP contribution in [0.4, 0.5) is 0 Å². The fourth-order valence-corrected chi connectivity index (χ4v) is 2.69. The molecular formula is C18H18N4O2. The lowest BCUT2D eigenvalue weighted by Crippen LogP contribution is -2.31. The smallest absolute Gasteiger partial charge is 0.261 e. The fourth-order valence-electron chi connectivity index (χ4n) is 2.69. The molecule has 0 saturated heterocycles. The lowest BCUT2D eigenvalue weighted by atomic mass is 10.1. The molecule has 2 N–H and O–H groups in total. The van der Waals surface area contributed by atoms with Gasteiger partial charge < -0.3 is 10.3 Å². The van der Waals surface area contributed by atoms with Gasteiger partial charge in [-0.05, 0) is 43.2 Å². The number of aryl methyl sites for hydroxylation is 2. The lowest BCUT2D eigenvalue weighted by Gasteiger charge is -2.11. The average Bonchev–Trinajstić information content (AvgIpc) is 3.06. The monoisotopic (exact) mass is 322 g/mol. The van der Waals surface area contributed by atoms with Crippen molar-refractivity contribution in [2.24, 2.45) is 0 Å². The van der Waals surface area contributed by atoms with Crippen LogP contribution in [0.3, 0.4) is 0 Å². The van der Waals surface area contributed by atoms with E-state index in [4.69, 9.17) is 0 Å². The molecule has 0 atom stereocenters. The Morgan fingerprint density at radius 3 is 2.75 bits per heavy atom. The largest absolute Gasteiger partial charge is 0.348 e. The van der Waals surface area contributed by atoms with E-state index >= 15 is 0 Å². The van der Waals surface area contributed by atoms with E-state index in [2.05, 4.69) is 15.4 Å². The molecule has 0 aliphatic heterocycles. The number of nitrogens with one attached hydrogen (secondary N) is 2. The third-order valence-corrected chi connectivity index (χ3v) is 3.77. The topological polar surface area (TPSA) is 79.8 Å². The van der Waals surface area contributed by atoms with Crippen molar-refractivity contribution < 1.29 is 4.79 Å². The SMILES string of the molecule is Cc1cc(C)c(C(=O)NCc2ccccc2-n2cccn2)c(=O)[nH]1. The number of H-pyrrole nitrogens is 1. The molecule has 6 heteroatoms. The van der Waals surface area contributed by atoms with Crippen molar-refractivity contribution in [3.8, 4) is 5.69 Å². The summed E-state index contributed by atoms with van der Waals surface area (Å²) in [4.78, 5) is 27.1. The van der Waals surface area contributed by atoms with E-state index in [1.807, 2.05) is 36.5 Å². The van der Waals surface area contributed by atoms with Gasteiger partial charge in [-0.1, -0.05) is 18.2 Å². The van der Waals surface area contributed by atoms with Crippen LogP contribution in [0, 0.1) is 13.8 Å². The number of pyridine rings is 1. The van der Waals surface area contributed by atoms with Crippen molar-refractivity contribution in [1.82, 2.24) is 20.1 Å². The maximum absolute atomic E-state index is 12.4. The number of hydrogen-bond acceptors (Lipinski definition) is 3. The van der Waals surface area contributed by atoms with E-state index in [-0.39, 0.29) is 17.0 Å². The van der Waals surface area contributed by atoms with Crippen molar-refractivity contribution in [1.29, 1.82) is 0 Å². The Bertz CT molecular complexity index is 926. The number of carbonyl (C=O) groups is 1. The Hall–Kier alpha value is -3.15. The molecule has 3 aromatic rings. The number of nitrogens with zero attached hydrogens (tertiary/aromatic N) is 2. The van der Waals surface area contributed by atoms with E-state index in [0.29, 0.717) is 12.1 Å². The zero-order chi connectivity index (χ0) is 17.1. The highest BCUT2D eigenvalue weighted by Crippen LogP contribution is 2.13. The molecule has 6 nitrogen and oxygen atoms in total. The van der Waals surface area contributed by atoms with Crippen molar-refractivity contribution in [3.05, 3.63) is 81.5 Å². The number of aromatic amines is 1. The summed E-state index contributed by atoms with van der Waals surface area (Å²) < 4.78 is 1.74. The number of hydrogen-bond donors (Lipinski definition) is 2. The van der Waals surface area contributed by atoms with Gasteiger partial charge in [0.1, 0.15) is 5.56 Å². The van der Waals surface area contributed by atoms with Gasteiger partial charge in [0.05, 0.1) is 5.69 Å². The summed E-state index contributed by atoms with van der Waals surface area (Å²) in [6.07, 6.45) is 3.54. The van der Waals surface area contributed by atoms with Crippen molar-refractivity contribution in [2.45, 2.75) is 20.4 Å². The molecule has 0 saturated carbocycles. The van der Waals surface area contributed by atoms with Gasteiger partial charge in [0, 0.05) is 24.6 Å². The van der Waals surface area contributed by atoms with Crippen LogP contribution in [0.5, 0.6) is 0 Å². The highest BCUT2D eigenvalue weighted by atomic mass is 16.2. The zero-order valence-electron chi connectivity index (χ0n) is 13.5. The second-order valence-corrected chi connectivity index (χ2v) is 5.60. The summed E-state index contributed by atoms with van der Waals surface area (Å²) in [5, 5.41) is 7.04. The summed E-state index contributed by atoms with van der Waals surface area (Å²) in [5.41, 5.74) is 2.97. The minimum absolute atomic E-state index is 0.150. The second-order valence-electron chi connectivity index (χ2n) is 5.60. The number of rotatable bonds is 4. The van der Waals surface area contributed by atoms with E-state index in [1.165, 1.54) is 0 Å². The Morgan fingerprint density at radius 2 is 2.04 bits per heavy atom. The predicted octanol–water partition coefficient (Wildman–Crippen LogP) is 2.11. The Balaban J connectivity index is 1.83. The predicted molar refractivity (Wildman–Crippen MR) is 91.3 cm³/mol. The summed E-state index contributed by atoms with van der Waals surface area (Å²) in [5.74, 6) is -0.385. The first-order chi connectivity index (χ1) is 11.6. The highest BCUT2D eigenvalue weighted by Gasteiger charge is 2.14. The summed E-state index contributed by atoms with van der Waals surface area (Å²) in [6.45, 7) is 3.85. The van der Waals surface area contributed by atoms with Crippen LogP contribution in [0.2, 0.25) is 0 Å². The molecule has 0 unspecified atom stereocenters. The molecule has 0 aliphatic rings. The van der Waals surface area contributed by atoms with E-state index in [0.717, 1.165) is 16.9 Å². The normalized spacial score (nSPS) is 10.6. The Labute approximate surface area is 139 Å². The zero-order valence-corrected chi connectivity index (χ0v) is 13.5. The van der Waals surface area contributed by atoms with Gasteiger partial charge in [-0.3, -0.25) is 9.59 Å². The Kier molecular flexibility index (Phi) is 4.29. The van der Waals surface area contributed by atoms with Crippen molar-refractivity contribution in [3.63, 3.8) is 0 Å². The molecule has 0 radical (unpaired) electrons. The molecule has 1 aromatic carbocycles. The van der Waals surface area contributed by atoms with Crippen LogP contribution in [-0.4, -0.2) is 20.7 Å². The fraction of sp³-hybridized carbons (Fsp3) is 0.167. The van der Waals surface area contributed by atoms with Crippen LogP contribution in [-0.2, 0) is 6.54 Å². The number of benzene rings is 1. The molecule has 0 spiro atoms. The van der Waals surface area contributed by atoms with E-state index < -0.39 is 0 Å². The second kappa shape index (κ2) is 6.54. The number of carbonyl (C=O) groups excluding carboxylic acids is 1. The molecule has 24 heavy (non-hydrogen) atoms. The van der Waals surface area contributed by atoms with Crippen molar-refractivity contribution >= 4 is 5.91 Å². The first-order valence-electron chi connectivity index (χ1n) is 7.63. The standard InChI is InChI=1S/C18H18N4O2/c1-12-10-13(2)21-18(24)16(12)17(23)19-11-14-6-3-4-7-15(14)22-9-5-8-20-22/h3-10H,11H2,1-2H3,(H,19,23)(H,21,24). The maximum atomic E-state index is 12.4. The highest BCUT2D eigenvalue weighted by molar-refractivity contribution is 5.95. The summed E-state index contributed by atoms with van der Waals surface area (Å²) >= 11 is 0. The number of para-hydroxylation sites is 1. The first-order valence-corrected chi connectivity index (χ1v) is 7.63. The van der Waals surface area contributed by atoms with E-state index in [1.54, 1.807) is 30.8 Å². The molecule has 2 heterocycles. The molecule has 0 aliphatic carbocycles. The van der Waals surface area contributed by atoms with Gasteiger partial charge in [-0.15, -0.1) is 0 Å². The lowest BCUT2D eigenvalue weighted by molar-refractivity contribution is 0.0948. The number of amides is 1. The van der Waals surface area contributed by atoms with Crippen LogP contribution in [0.1, 0.15) is 27.2 Å². The van der Waals surface area contributed by atoms with Gasteiger partial charge in [0.25, 0.3) is 11.5 Å². The minimum atomic E-state index is -0.385. The van der Waals surface area contributed by atoms with Crippen LogP contribution < -0.4 is 10.9 Å². The van der Waals surface area contributed by atoms with Crippen molar-refractivity contribution in [2.75, 3.05) is 0 Å². The number of aromatic nitrogens is 3. The minimum Gasteiger partial charge on any atom is -0.348 e. The molecule has 0 bridgehead atoms. The third-order valence-electron chi connectivity index (χ3n) is 3.77. The van der Waals surface area contributed by atoms with Gasteiger partial charge in [-0.25, -0.2) is 4.68 Å². The average molecular weight is 322 g/mol. The molecule has 3 rings (SSSR count). The van der Waals surface area contributed by atoms with E-state index in [9.17, 15) is 9.59 Å². The van der Waals surface area contributed by atoms with Crippen LogP contribution in [0.25, 0.3) is 5.69 Å². The summed E-state index contributed by atoms with van der Waals surface area (Å²) in [6, 6.07) is 11.3. The molecular weight excluding hydrogens is 304 g/mol. The van der Waals surface area contributed by atoms with Crippen LogP contribution >= 0.6 is 0 Å². The molecule has 122 valence electrons. The van der Waals surface area contributed by atoms with Gasteiger partial charge in [0.15, 0.2) is 0 Å². The van der Waals surface area contributed by atoms with Gasteiger partial charge in [0.2, 0.25) is 0 Å². The molecule has 2 aromatic heterocycles. The van der Waals surface area contributed by atoms with Gasteiger partial charge >= 0.3 is 0 Å². The van der Waals surface area contributed by atoms with Crippen LogP contribution in [0.15, 0.2) is 53.6 Å². The maximum Gasteiger partial charge on any atom is 0.261 e. The quantitative estimate of drug-likeness (QED) is 0.772. The molecule has 0 fully saturated rings. The van der Waals surface area contributed by atoms with Gasteiger partial charge in [-0.2, -0.15) is 5.10 Å². The Morgan fingerprint density at radius 1 is 1.25 bits per heavy atom.